The van der Waals surface area contributed by atoms with Crippen LogP contribution in [0.1, 0.15) is 6.92 Å². The summed E-state index contributed by atoms with van der Waals surface area (Å²) in [5, 5.41) is 3.14. The van der Waals surface area contributed by atoms with Crippen LogP contribution in [0.2, 0.25) is 0 Å². The van der Waals surface area contributed by atoms with Crippen LogP contribution >= 0.6 is 0 Å². The Morgan fingerprint density at radius 2 is 2.62 bits per heavy atom. The quantitative estimate of drug-likeness (QED) is 0.500. The number of nitrogens with one attached hydrogen (secondary N) is 1. The van der Waals surface area contributed by atoms with Gasteiger partial charge in [-0.25, -0.2) is 0 Å². The fraction of sp³-hybridized carbons (Fsp3) is 0.667. The lowest BCUT2D eigenvalue weighted by molar-refractivity contribution is 0.0493. The van der Waals surface area contributed by atoms with Gasteiger partial charge in [-0.3, -0.25) is 5.32 Å². The predicted molar refractivity (Wildman–Crippen MR) is 32.6 cm³/mol. The minimum absolute atomic E-state index is 0.250. The highest BCUT2D eigenvalue weighted by atomic mass is 16.5. The third kappa shape index (κ3) is 0.904. The van der Waals surface area contributed by atoms with E-state index < -0.39 is 0 Å². The summed E-state index contributed by atoms with van der Waals surface area (Å²) < 4.78 is 5.26. The van der Waals surface area contributed by atoms with E-state index in [2.05, 4.69) is 11.9 Å². The van der Waals surface area contributed by atoms with Crippen LogP contribution < -0.4 is 5.32 Å². The van der Waals surface area contributed by atoms with Crippen molar-refractivity contribution in [3.05, 3.63) is 12.7 Å². The van der Waals surface area contributed by atoms with Gasteiger partial charge in [0.1, 0.15) is 5.72 Å². The molecule has 1 aliphatic rings. The third-order valence-electron chi connectivity index (χ3n) is 1.37. The molecule has 1 saturated heterocycles. The summed E-state index contributed by atoms with van der Waals surface area (Å²) in [5.74, 6) is 0. The van der Waals surface area contributed by atoms with Crippen LogP contribution in [-0.4, -0.2) is 18.9 Å². The molecule has 0 aliphatic carbocycles. The van der Waals surface area contributed by atoms with Gasteiger partial charge in [0.05, 0.1) is 6.61 Å². The van der Waals surface area contributed by atoms with Crippen LogP contribution in [-0.2, 0) is 4.74 Å². The standard InChI is InChI=1S/C6H11NO/c1-3-6(2)7-4-5-8-6/h3,7H,1,4-5H2,2H3. The Bertz CT molecular complexity index is 94.7. The monoisotopic (exact) mass is 113 g/mol. The second-order valence-corrected chi connectivity index (χ2v) is 2.09. The zero-order chi connectivity index (χ0) is 6.04. The maximum Gasteiger partial charge on any atom is 0.135 e. The minimum Gasteiger partial charge on any atom is -0.356 e. The SMILES string of the molecule is C=CC1(C)NCCO1. The first-order valence-electron chi connectivity index (χ1n) is 2.79. The largest absolute Gasteiger partial charge is 0.356 e. The van der Waals surface area contributed by atoms with Crippen molar-refractivity contribution in [2.75, 3.05) is 13.2 Å². The Morgan fingerprint density at radius 3 is 2.88 bits per heavy atom. The Kier molecular flexibility index (Phi) is 1.36. The molecule has 1 fully saturated rings. The number of hydrogen-bond donors (Lipinski definition) is 1. The fourth-order valence-corrected chi connectivity index (χ4v) is 0.744. The molecule has 2 nitrogen and oxygen atoms in total. The van der Waals surface area contributed by atoms with Crippen molar-refractivity contribution in [1.82, 2.24) is 5.32 Å². The van der Waals surface area contributed by atoms with Crippen molar-refractivity contribution >= 4 is 0 Å². The predicted octanol–water partition coefficient (Wildman–Crippen LogP) is 0.508. The van der Waals surface area contributed by atoms with E-state index in [4.69, 9.17) is 4.74 Å². The molecule has 0 amide bonds. The Morgan fingerprint density at radius 1 is 1.88 bits per heavy atom. The summed E-state index contributed by atoms with van der Waals surface area (Å²) in [5.41, 5.74) is -0.250. The number of hydrogen-bond acceptors (Lipinski definition) is 2. The van der Waals surface area contributed by atoms with Gasteiger partial charge in [0.25, 0.3) is 0 Å². The lowest BCUT2D eigenvalue weighted by Gasteiger charge is -2.17. The van der Waals surface area contributed by atoms with E-state index in [0.717, 1.165) is 13.2 Å². The van der Waals surface area contributed by atoms with E-state index >= 15 is 0 Å². The van der Waals surface area contributed by atoms with Gasteiger partial charge in [-0.1, -0.05) is 6.58 Å². The maximum atomic E-state index is 5.26. The molecule has 1 unspecified atom stereocenters. The van der Waals surface area contributed by atoms with Gasteiger partial charge in [-0.05, 0) is 13.0 Å². The lowest BCUT2D eigenvalue weighted by Crippen LogP contribution is -2.34. The van der Waals surface area contributed by atoms with Gasteiger partial charge in [0, 0.05) is 6.54 Å². The summed E-state index contributed by atoms with van der Waals surface area (Å²) in [7, 11) is 0. The molecule has 0 saturated carbocycles. The van der Waals surface area contributed by atoms with Crippen LogP contribution in [0, 0.1) is 0 Å². The highest BCUT2D eigenvalue weighted by Crippen LogP contribution is 2.10. The lowest BCUT2D eigenvalue weighted by atomic mass is 10.3. The van der Waals surface area contributed by atoms with Gasteiger partial charge < -0.3 is 4.74 Å². The molecule has 0 aromatic rings. The maximum absolute atomic E-state index is 5.26. The molecule has 46 valence electrons. The highest BCUT2D eigenvalue weighted by molar-refractivity contribution is 4.93. The summed E-state index contributed by atoms with van der Waals surface area (Å²) in [6.45, 7) is 7.32. The second-order valence-electron chi connectivity index (χ2n) is 2.09. The molecular weight excluding hydrogens is 102 g/mol. The molecule has 0 spiro atoms. The van der Waals surface area contributed by atoms with E-state index in [9.17, 15) is 0 Å². The summed E-state index contributed by atoms with van der Waals surface area (Å²) in [6.07, 6.45) is 1.78. The molecule has 0 bridgehead atoms. The van der Waals surface area contributed by atoms with E-state index in [1.54, 1.807) is 6.08 Å². The average molecular weight is 113 g/mol. The third-order valence-corrected chi connectivity index (χ3v) is 1.37. The highest BCUT2D eigenvalue weighted by Gasteiger charge is 2.24. The molecule has 1 atom stereocenters. The van der Waals surface area contributed by atoms with E-state index in [1.807, 2.05) is 6.92 Å². The first-order valence-corrected chi connectivity index (χ1v) is 2.79. The smallest absolute Gasteiger partial charge is 0.135 e. The normalized spacial score (nSPS) is 37.6. The van der Waals surface area contributed by atoms with Crippen molar-refractivity contribution in [3.63, 3.8) is 0 Å². The number of ether oxygens (including phenoxy) is 1. The number of rotatable bonds is 1. The topological polar surface area (TPSA) is 21.3 Å². The zero-order valence-electron chi connectivity index (χ0n) is 5.11. The Labute approximate surface area is 49.5 Å². The molecule has 1 aliphatic heterocycles. The van der Waals surface area contributed by atoms with Crippen LogP contribution in [0.5, 0.6) is 0 Å². The first-order chi connectivity index (χ1) is 3.77. The Hall–Kier alpha value is -0.340. The molecular formula is C6H11NO. The fourth-order valence-electron chi connectivity index (χ4n) is 0.744. The minimum atomic E-state index is -0.250. The van der Waals surface area contributed by atoms with Crippen molar-refractivity contribution in [2.45, 2.75) is 12.6 Å². The van der Waals surface area contributed by atoms with Gasteiger partial charge in [0.2, 0.25) is 0 Å². The molecule has 0 aromatic heterocycles. The molecule has 0 radical (unpaired) electrons. The van der Waals surface area contributed by atoms with E-state index in [0.29, 0.717) is 0 Å². The van der Waals surface area contributed by atoms with E-state index in [1.165, 1.54) is 0 Å². The van der Waals surface area contributed by atoms with Gasteiger partial charge >= 0.3 is 0 Å². The molecule has 1 N–H and O–H groups in total. The molecule has 1 heterocycles. The van der Waals surface area contributed by atoms with Gasteiger partial charge in [0.15, 0.2) is 0 Å². The second kappa shape index (κ2) is 1.88. The van der Waals surface area contributed by atoms with Crippen molar-refractivity contribution in [3.8, 4) is 0 Å². The van der Waals surface area contributed by atoms with Crippen molar-refractivity contribution < 1.29 is 4.74 Å². The summed E-state index contributed by atoms with van der Waals surface area (Å²) >= 11 is 0. The van der Waals surface area contributed by atoms with Crippen molar-refractivity contribution in [2.24, 2.45) is 0 Å². The van der Waals surface area contributed by atoms with E-state index in [-0.39, 0.29) is 5.72 Å². The molecule has 2 heteroatoms. The first kappa shape index (κ1) is 5.79. The average Bonchev–Trinajstić information content (AvgIpc) is 2.17. The molecule has 0 aromatic carbocycles. The van der Waals surface area contributed by atoms with Crippen LogP contribution in [0.3, 0.4) is 0 Å². The van der Waals surface area contributed by atoms with Gasteiger partial charge in [-0.2, -0.15) is 0 Å². The van der Waals surface area contributed by atoms with Crippen LogP contribution in [0.4, 0.5) is 0 Å². The summed E-state index contributed by atoms with van der Waals surface area (Å²) in [6, 6.07) is 0. The molecule has 1 rings (SSSR count). The van der Waals surface area contributed by atoms with Crippen LogP contribution in [0.25, 0.3) is 0 Å². The van der Waals surface area contributed by atoms with Gasteiger partial charge in [-0.15, -0.1) is 0 Å². The van der Waals surface area contributed by atoms with Crippen molar-refractivity contribution in [1.29, 1.82) is 0 Å². The molecule has 8 heavy (non-hydrogen) atoms. The summed E-state index contributed by atoms with van der Waals surface area (Å²) in [4.78, 5) is 0. The Balaban J connectivity index is 2.52. The van der Waals surface area contributed by atoms with Crippen LogP contribution in [0.15, 0.2) is 12.7 Å². The zero-order valence-corrected chi connectivity index (χ0v) is 5.11.